The molecule has 0 unspecified atom stereocenters. The molecule has 3 nitrogen and oxygen atoms in total. The fraction of sp³-hybridized carbons (Fsp3) is 0.0536. The fourth-order valence-electron chi connectivity index (χ4n) is 8.95. The molecule has 0 amide bonds. The molecule has 10 rings (SSSR count). The van der Waals surface area contributed by atoms with Crippen LogP contribution in [0, 0.1) is 5.41 Å². The van der Waals surface area contributed by atoms with E-state index in [0.717, 1.165) is 38.6 Å². The first-order chi connectivity index (χ1) is 28.9. The molecule has 8 aromatic carbocycles. The minimum absolute atomic E-state index is 0.101. The molecule has 0 spiro atoms. The summed E-state index contributed by atoms with van der Waals surface area (Å²) in [6.07, 6.45) is 7.44. The topological polar surface area (TPSA) is 49.1 Å². The molecule has 59 heavy (non-hydrogen) atoms. The fourth-order valence-corrected chi connectivity index (χ4v) is 8.95. The Morgan fingerprint density at radius 1 is 0.525 bits per heavy atom. The van der Waals surface area contributed by atoms with Gasteiger partial charge in [-0.25, -0.2) is 0 Å². The zero-order valence-electron chi connectivity index (χ0n) is 33.0. The first-order valence-corrected chi connectivity index (χ1v) is 20.1. The number of nitrogens with zero attached hydrogens (tertiary/aromatic N) is 2. The minimum Gasteiger partial charge on any atom is -0.300 e. The highest BCUT2D eigenvalue weighted by atomic mass is 14.7. The lowest BCUT2D eigenvalue weighted by molar-refractivity contribution is 0.666. The molecule has 1 heterocycles. The SMILES string of the molecule is CC1(C)c2cccc(-c3ccc(-c4ccc(C=N/C(=C\C(=N)c5ccccc5)c5ccc(-c6cccnc6)cc5)c5ccccc45)cc3)c2-c2ccc3ccccc3c21. The molecule has 0 saturated heterocycles. The summed E-state index contributed by atoms with van der Waals surface area (Å²) in [6, 6.07) is 64.3. The smallest absolute Gasteiger partial charge is 0.0723 e. The first kappa shape index (κ1) is 35.9. The molecular formula is C56H41N3. The van der Waals surface area contributed by atoms with Crippen molar-refractivity contribution in [2.45, 2.75) is 19.3 Å². The maximum absolute atomic E-state index is 8.95. The van der Waals surface area contributed by atoms with Gasteiger partial charge in [-0.3, -0.25) is 9.98 Å². The highest BCUT2D eigenvalue weighted by Gasteiger charge is 2.38. The van der Waals surface area contributed by atoms with Gasteiger partial charge in [0, 0.05) is 35.2 Å². The quantitative estimate of drug-likeness (QED) is 0.154. The van der Waals surface area contributed by atoms with Crippen LogP contribution in [-0.2, 0) is 5.41 Å². The van der Waals surface area contributed by atoms with Crippen molar-refractivity contribution in [2.24, 2.45) is 4.99 Å². The third kappa shape index (κ3) is 6.47. The monoisotopic (exact) mass is 755 g/mol. The summed E-state index contributed by atoms with van der Waals surface area (Å²) in [5, 5.41) is 13.9. The Morgan fingerprint density at radius 3 is 1.97 bits per heavy atom. The van der Waals surface area contributed by atoms with E-state index >= 15 is 0 Å². The second-order valence-electron chi connectivity index (χ2n) is 15.8. The Morgan fingerprint density at radius 2 is 1.20 bits per heavy atom. The van der Waals surface area contributed by atoms with Crippen molar-refractivity contribution in [3.8, 4) is 44.5 Å². The van der Waals surface area contributed by atoms with Gasteiger partial charge in [-0.05, 0) is 94.9 Å². The molecule has 0 fully saturated rings. The normalized spacial score (nSPS) is 13.2. The number of allylic oxidation sites excluding steroid dienone is 1. The largest absolute Gasteiger partial charge is 0.300 e. The van der Waals surface area contributed by atoms with Gasteiger partial charge in [0.25, 0.3) is 0 Å². The van der Waals surface area contributed by atoms with Crippen LogP contribution in [0.1, 0.15) is 41.7 Å². The maximum Gasteiger partial charge on any atom is 0.0723 e. The van der Waals surface area contributed by atoms with Crippen LogP contribution in [0.25, 0.3) is 71.7 Å². The number of aliphatic imine (C=N–C) groups is 1. The predicted molar refractivity (Wildman–Crippen MR) is 248 cm³/mol. The molecule has 1 aliphatic carbocycles. The molecule has 3 heteroatoms. The van der Waals surface area contributed by atoms with Gasteiger partial charge in [-0.1, -0.05) is 190 Å². The molecule has 280 valence electrons. The van der Waals surface area contributed by atoms with E-state index in [1.54, 1.807) is 6.20 Å². The number of aromatic nitrogens is 1. The van der Waals surface area contributed by atoms with Crippen molar-refractivity contribution in [1.29, 1.82) is 5.41 Å². The van der Waals surface area contributed by atoms with E-state index in [2.05, 4.69) is 164 Å². The average molecular weight is 756 g/mol. The van der Waals surface area contributed by atoms with E-state index in [-0.39, 0.29) is 5.41 Å². The van der Waals surface area contributed by atoms with Gasteiger partial charge in [-0.2, -0.15) is 0 Å². The van der Waals surface area contributed by atoms with Gasteiger partial charge >= 0.3 is 0 Å². The lowest BCUT2D eigenvalue weighted by Gasteiger charge is -2.23. The van der Waals surface area contributed by atoms with E-state index < -0.39 is 0 Å². The van der Waals surface area contributed by atoms with E-state index in [0.29, 0.717) is 11.4 Å². The number of pyridine rings is 1. The van der Waals surface area contributed by atoms with Crippen molar-refractivity contribution in [3.05, 3.63) is 228 Å². The molecule has 0 bridgehead atoms. The predicted octanol–water partition coefficient (Wildman–Crippen LogP) is 14.2. The van der Waals surface area contributed by atoms with E-state index in [9.17, 15) is 0 Å². The summed E-state index contributed by atoms with van der Waals surface area (Å²) in [5.41, 5.74) is 16.2. The Balaban J connectivity index is 0.997. The molecule has 9 aromatic rings. The standard InChI is InChI=1S/C56H41N3/c1-56(2)51-20-10-19-47(54(51)50-32-29-38-12-6-7-17-48(38)55(50)56)40-25-23-39(24-26-40)46-31-30-44(45-16-8-9-18-49(45)46)36-59-53(34-52(57)41-13-4-3-5-14-41)42-27-21-37(22-28-42)43-15-11-33-58-35-43/h3-36,57H,1-2H3/b53-34-,57-52?,59-36?. The van der Waals surface area contributed by atoms with Crippen LogP contribution in [0.3, 0.4) is 0 Å². The number of fused-ring (bicyclic) bond motifs is 6. The Labute approximate surface area is 345 Å². The van der Waals surface area contributed by atoms with Gasteiger partial charge in [0.05, 0.1) is 11.4 Å². The van der Waals surface area contributed by atoms with Crippen molar-refractivity contribution in [1.82, 2.24) is 4.98 Å². The molecule has 1 aromatic heterocycles. The Kier molecular flexibility index (Phi) is 8.99. The van der Waals surface area contributed by atoms with Gasteiger partial charge in [-0.15, -0.1) is 0 Å². The van der Waals surface area contributed by atoms with Crippen LogP contribution in [0.5, 0.6) is 0 Å². The first-order valence-electron chi connectivity index (χ1n) is 20.1. The third-order valence-corrected chi connectivity index (χ3v) is 11.9. The molecule has 0 atom stereocenters. The second kappa shape index (κ2) is 14.8. The van der Waals surface area contributed by atoms with Gasteiger partial charge in [0.2, 0.25) is 0 Å². The molecule has 1 aliphatic rings. The van der Waals surface area contributed by atoms with Gasteiger partial charge in [0.1, 0.15) is 0 Å². The number of rotatable bonds is 8. The van der Waals surface area contributed by atoms with Crippen molar-refractivity contribution in [2.75, 3.05) is 0 Å². The highest BCUT2D eigenvalue weighted by molar-refractivity contribution is 6.12. The summed E-state index contributed by atoms with van der Waals surface area (Å²) >= 11 is 0. The Hall–Kier alpha value is -7.49. The zero-order valence-corrected chi connectivity index (χ0v) is 33.0. The van der Waals surface area contributed by atoms with Crippen LogP contribution in [0.4, 0.5) is 0 Å². The number of nitrogens with one attached hydrogen (secondary N) is 1. The lowest BCUT2D eigenvalue weighted by atomic mass is 9.80. The van der Waals surface area contributed by atoms with Crippen LogP contribution >= 0.6 is 0 Å². The summed E-state index contributed by atoms with van der Waals surface area (Å²) in [6.45, 7) is 4.73. The maximum atomic E-state index is 8.95. The van der Waals surface area contributed by atoms with Crippen molar-refractivity contribution < 1.29 is 0 Å². The van der Waals surface area contributed by atoms with Crippen molar-refractivity contribution >= 4 is 39.2 Å². The van der Waals surface area contributed by atoms with Gasteiger partial charge in [0.15, 0.2) is 0 Å². The van der Waals surface area contributed by atoms with Crippen LogP contribution in [-0.4, -0.2) is 16.9 Å². The van der Waals surface area contributed by atoms with Crippen LogP contribution in [0.2, 0.25) is 0 Å². The number of hydrogen-bond donors (Lipinski definition) is 1. The Bertz CT molecular complexity index is 3100. The molecular weight excluding hydrogens is 715 g/mol. The van der Waals surface area contributed by atoms with Crippen LogP contribution < -0.4 is 0 Å². The van der Waals surface area contributed by atoms with E-state index in [1.807, 2.05) is 54.9 Å². The summed E-state index contributed by atoms with van der Waals surface area (Å²) in [5.74, 6) is 0. The molecule has 0 aliphatic heterocycles. The molecule has 0 saturated carbocycles. The minimum atomic E-state index is -0.101. The summed E-state index contributed by atoms with van der Waals surface area (Å²) < 4.78 is 0. The zero-order chi connectivity index (χ0) is 39.9. The number of benzene rings is 8. The van der Waals surface area contributed by atoms with Crippen LogP contribution in [0.15, 0.2) is 205 Å². The van der Waals surface area contributed by atoms with Crippen molar-refractivity contribution in [3.63, 3.8) is 0 Å². The summed E-state index contributed by atoms with van der Waals surface area (Å²) in [7, 11) is 0. The highest BCUT2D eigenvalue weighted by Crippen LogP contribution is 2.54. The third-order valence-electron chi connectivity index (χ3n) is 11.9. The number of hydrogen-bond acceptors (Lipinski definition) is 3. The van der Waals surface area contributed by atoms with E-state index in [4.69, 9.17) is 10.4 Å². The molecule has 1 N–H and O–H groups in total. The second-order valence-corrected chi connectivity index (χ2v) is 15.8. The summed E-state index contributed by atoms with van der Waals surface area (Å²) in [4.78, 5) is 9.37. The average Bonchev–Trinajstić information content (AvgIpc) is 3.54. The van der Waals surface area contributed by atoms with E-state index in [1.165, 1.54) is 55.3 Å². The molecule has 0 radical (unpaired) electrons. The van der Waals surface area contributed by atoms with Gasteiger partial charge < -0.3 is 5.41 Å². The lowest BCUT2D eigenvalue weighted by Crippen LogP contribution is -2.15.